The quantitative estimate of drug-likeness (QED) is 0.849. The molecule has 0 bridgehead atoms. The average molecular weight is 398 g/mol. The van der Waals surface area contributed by atoms with E-state index in [2.05, 4.69) is 4.98 Å². The molecule has 29 heavy (non-hydrogen) atoms. The molecular formula is C23H31N3O3. The number of carbonyl (C=O) groups is 2. The Morgan fingerprint density at radius 2 is 1.97 bits per heavy atom. The molecule has 1 aromatic rings. The Morgan fingerprint density at radius 3 is 2.72 bits per heavy atom. The van der Waals surface area contributed by atoms with Gasteiger partial charge >= 0.3 is 0 Å². The largest absolute Gasteiger partial charge is 0.391 e. The van der Waals surface area contributed by atoms with Crippen molar-refractivity contribution in [3.63, 3.8) is 0 Å². The fourth-order valence-electron chi connectivity index (χ4n) is 5.49. The molecule has 1 atom stereocenters. The molecule has 2 saturated heterocycles. The van der Waals surface area contributed by atoms with Gasteiger partial charge in [-0.05, 0) is 75.3 Å². The van der Waals surface area contributed by atoms with Crippen LogP contribution in [0, 0.1) is 11.3 Å². The molecule has 2 aliphatic carbocycles. The van der Waals surface area contributed by atoms with Crippen molar-refractivity contribution in [2.24, 2.45) is 11.3 Å². The lowest BCUT2D eigenvalue weighted by Crippen LogP contribution is -2.58. The molecule has 1 saturated carbocycles. The summed E-state index contributed by atoms with van der Waals surface area (Å²) in [7, 11) is 0. The van der Waals surface area contributed by atoms with E-state index in [9.17, 15) is 14.7 Å². The van der Waals surface area contributed by atoms with Gasteiger partial charge in [0.25, 0.3) is 5.91 Å². The summed E-state index contributed by atoms with van der Waals surface area (Å²) < 4.78 is 0. The number of pyridine rings is 1. The van der Waals surface area contributed by atoms with Gasteiger partial charge in [-0.3, -0.25) is 14.6 Å². The highest BCUT2D eigenvalue weighted by molar-refractivity contribution is 5.94. The summed E-state index contributed by atoms with van der Waals surface area (Å²) in [5.41, 5.74) is 2.55. The minimum atomic E-state index is -0.489. The third kappa shape index (κ3) is 3.67. The Labute approximate surface area is 172 Å². The zero-order valence-corrected chi connectivity index (χ0v) is 17.1. The molecule has 6 nitrogen and oxygen atoms in total. The number of aliphatic hydroxyl groups is 1. The maximum Gasteiger partial charge on any atom is 0.255 e. The lowest BCUT2D eigenvalue weighted by Gasteiger charge is -2.48. The topological polar surface area (TPSA) is 73.7 Å². The van der Waals surface area contributed by atoms with Gasteiger partial charge in [0.15, 0.2) is 0 Å². The first-order valence-electron chi connectivity index (χ1n) is 11.3. The monoisotopic (exact) mass is 397 g/mol. The molecule has 4 aliphatic rings. The number of rotatable bonds is 3. The maximum atomic E-state index is 13.2. The van der Waals surface area contributed by atoms with Gasteiger partial charge in [-0.15, -0.1) is 0 Å². The number of aryl methyl sites for hydroxylation is 2. The molecule has 5 rings (SSSR count). The summed E-state index contributed by atoms with van der Waals surface area (Å²) in [6.45, 7) is 2.42. The smallest absolute Gasteiger partial charge is 0.255 e. The Kier molecular flexibility index (Phi) is 4.85. The van der Waals surface area contributed by atoms with Gasteiger partial charge in [0.2, 0.25) is 5.91 Å². The van der Waals surface area contributed by atoms with Gasteiger partial charge in [0.1, 0.15) is 0 Å². The van der Waals surface area contributed by atoms with Gasteiger partial charge in [0.05, 0.1) is 17.1 Å². The third-order valence-corrected chi connectivity index (χ3v) is 7.40. The molecule has 6 heteroatoms. The molecule has 0 aromatic carbocycles. The number of hydrogen-bond acceptors (Lipinski definition) is 4. The summed E-state index contributed by atoms with van der Waals surface area (Å²) in [5, 5.41) is 10.4. The van der Waals surface area contributed by atoms with Crippen molar-refractivity contribution < 1.29 is 14.7 Å². The van der Waals surface area contributed by atoms with E-state index in [1.165, 1.54) is 31.2 Å². The Morgan fingerprint density at radius 1 is 1.21 bits per heavy atom. The highest BCUT2D eigenvalue weighted by Crippen LogP contribution is 2.42. The zero-order valence-electron chi connectivity index (χ0n) is 17.1. The molecule has 1 spiro atoms. The van der Waals surface area contributed by atoms with Crippen molar-refractivity contribution in [1.29, 1.82) is 0 Å². The van der Waals surface area contributed by atoms with E-state index in [0.717, 1.165) is 25.1 Å². The van der Waals surface area contributed by atoms with Crippen molar-refractivity contribution in [2.45, 2.75) is 63.9 Å². The lowest BCUT2D eigenvalue weighted by atomic mass is 9.70. The fraction of sp³-hybridized carbons (Fsp3) is 0.696. The van der Waals surface area contributed by atoms with Gasteiger partial charge in [0, 0.05) is 38.1 Å². The summed E-state index contributed by atoms with van der Waals surface area (Å²) in [5.74, 6) is 0.857. The molecular weight excluding hydrogens is 366 g/mol. The van der Waals surface area contributed by atoms with Crippen LogP contribution in [0.4, 0.5) is 0 Å². The molecule has 3 heterocycles. The number of fused-ring (bicyclic) bond motifs is 1. The standard InChI is InChI=1S/C23H31N3O3/c27-19-12-23(22(29)26(15-19)14-16-5-6-16)7-9-25(10-8-23)21(28)18-11-17-3-1-2-4-20(17)24-13-18/h11,13,16,19,27H,1-10,12,14-15H2. The Hall–Kier alpha value is -1.95. The second-order valence-electron chi connectivity index (χ2n) is 9.62. The third-order valence-electron chi connectivity index (χ3n) is 7.40. The van der Waals surface area contributed by atoms with Crippen LogP contribution in [-0.2, 0) is 17.6 Å². The summed E-state index contributed by atoms with van der Waals surface area (Å²) >= 11 is 0. The molecule has 1 aromatic heterocycles. The minimum Gasteiger partial charge on any atom is -0.391 e. The number of amides is 2. The fourth-order valence-corrected chi connectivity index (χ4v) is 5.49. The van der Waals surface area contributed by atoms with E-state index in [0.29, 0.717) is 50.4 Å². The van der Waals surface area contributed by atoms with E-state index in [1.54, 1.807) is 6.20 Å². The van der Waals surface area contributed by atoms with Crippen LogP contribution in [0.3, 0.4) is 0 Å². The van der Waals surface area contributed by atoms with Crippen LogP contribution in [-0.4, -0.2) is 64.0 Å². The Balaban J connectivity index is 1.27. The number of nitrogens with zero attached hydrogens (tertiary/aromatic N) is 3. The van der Waals surface area contributed by atoms with Crippen molar-refractivity contribution in [3.05, 3.63) is 29.1 Å². The van der Waals surface area contributed by atoms with Crippen LogP contribution >= 0.6 is 0 Å². The van der Waals surface area contributed by atoms with E-state index >= 15 is 0 Å². The number of aromatic nitrogens is 1. The second-order valence-corrected chi connectivity index (χ2v) is 9.62. The van der Waals surface area contributed by atoms with Crippen LogP contribution in [0.5, 0.6) is 0 Å². The predicted octanol–water partition coefficient (Wildman–Crippen LogP) is 2.19. The molecule has 156 valence electrons. The van der Waals surface area contributed by atoms with Crippen molar-refractivity contribution in [2.75, 3.05) is 26.2 Å². The number of likely N-dealkylation sites (tertiary alicyclic amines) is 2. The first kappa shape index (κ1) is 19.0. The SMILES string of the molecule is O=C(c1cnc2c(c1)CCCC2)N1CCC2(CC1)CC(O)CN(CC1CC1)C2=O. The summed E-state index contributed by atoms with van der Waals surface area (Å²) in [6.07, 6.45) is 9.88. The molecule has 0 radical (unpaired) electrons. The minimum absolute atomic E-state index is 0.0272. The molecule has 1 unspecified atom stereocenters. The molecule has 2 amide bonds. The van der Waals surface area contributed by atoms with Crippen molar-refractivity contribution in [3.8, 4) is 0 Å². The highest BCUT2D eigenvalue weighted by atomic mass is 16.3. The van der Waals surface area contributed by atoms with Crippen molar-refractivity contribution >= 4 is 11.8 Å². The molecule has 1 N–H and O–H groups in total. The Bertz CT molecular complexity index is 810. The number of aliphatic hydroxyl groups excluding tert-OH is 1. The number of β-amino-alcohol motifs (C(OH)–C–C–N with tert-alkyl or cyclic N) is 1. The van der Waals surface area contributed by atoms with Crippen LogP contribution in [0.1, 0.15) is 66.6 Å². The van der Waals surface area contributed by atoms with E-state index in [4.69, 9.17) is 0 Å². The number of piperidine rings is 2. The van der Waals surface area contributed by atoms with Crippen LogP contribution in [0.15, 0.2) is 12.3 Å². The van der Waals surface area contributed by atoms with Crippen LogP contribution in [0.25, 0.3) is 0 Å². The van der Waals surface area contributed by atoms with Gasteiger partial charge < -0.3 is 14.9 Å². The van der Waals surface area contributed by atoms with Crippen LogP contribution in [0.2, 0.25) is 0 Å². The van der Waals surface area contributed by atoms with Gasteiger partial charge in [-0.2, -0.15) is 0 Å². The predicted molar refractivity (Wildman–Crippen MR) is 108 cm³/mol. The molecule has 3 fully saturated rings. The number of hydrogen-bond donors (Lipinski definition) is 1. The number of carbonyl (C=O) groups excluding carboxylic acids is 2. The van der Waals surface area contributed by atoms with E-state index in [1.807, 2.05) is 15.9 Å². The van der Waals surface area contributed by atoms with Crippen LogP contribution < -0.4 is 0 Å². The van der Waals surface area contributed by atoms with E-state index < -0.39 is 11.5 Å². The summed E-state index contributed by atoms with van der Waals surface area (Å²) in [4.78, 5) is 34.6. The highest BCUT2D eigenvalue weighted by Gasteiger charge is 2.49. The second kappa shape index (κ2) is 7.38. The average Bonchev–Trinajstić information content (AvgIpc) is 3.55. The van der Waals surface area contributed by atoms with E-state index in [-0.39, 0.29) is 11.8 Å². The lowest BCUT2D eigenvalue weighted by molar-refractivity contribution is -0.156. The van der Waals surface area contributed by atoms with Gasteiger partial charge in [-0.1, -0.05) is 0 Å². The maximum absolute atomic E-state index is 13.2. The normalized spacial score (nSPS) is 26.5. The first-order chi connectivity index (χ1) is 14.0. The molecule has 2 aliphatic heterocycles. The summed E-state index contributed by atoms with van der Waals surface area (Å²) in [6, 6.07) is 2.03. The van der Waals surface area contributed by atoms with Gasteiger partial charge in [-0.25, -0.2) is 0 Å². The first-order valence-corrected chi connectivity index (χ1v) is 11.3. The van der Waals surface area contributed by atoms with Crippen molar-refractivity contribution in [1.82, 2.24) is 14.8 Å². The zero-order chi connectivity index (χ0) is 20.0.